The lowest BCUT2D eigenvalue weighted by atomic mass is 9.94. The van der Waals surface area contributed by atoms with Crippen LogP contribution in [-0.4, -0.2) is 95.4 Å². The topological polar surface area (TPSA) is 103 Å². The molecule has 4 atom stereocenters. The van der Waals surface area contributed by atoms with Crippen molar-refractivity contribution in [1.82, 2.24) is 4.31 Å². The molecule has 0 radical (unpaired) electrons. The SMILES string of the molecule is CN(CC[N+]1(C)C2CC(OC(=O)C(O[Si](C)(C)C(C)(C)C)(c3cccs3)c3cccs3)CC1C1OC12)S(=O)(=O)c1ccc(C=O)cc1. The maximum absolute atomic E-state index is 14.7. The van der Waals surface area contributed by atoms with Gasteiger partial charge in [0, 0.05) is 25.5 Å². The molecule has 0 amide bonds. The number of piperidine rings is 1. The number of nitrogens with zero attached hydrogens (tertiary/aromatic N) is 2. The number of morpholine rings is 1. The number of epoxide rings is 1. The second-order valence-corrected chi connectivity index (χ2v) is 23.4. The summed E-state index contributed by atoms with van der Waals surface area (Å²) >= 11 is 3.03. The molecule has 3 aromatic rings. The van der Waals surface area contributed by atoms with Gasteiger partial charge in [-0.05, 0) is 53.2 Å². The summed E-state index contributed by atoms with van der Waals surface area (Å²) in [6, 6.07) is 14.0. The van der Waals surface area contributed by atoms with Gasteiger partial charge in [-0.25, -0.2) is 13.2 Å². The second-order valence-electron chi connectivity index (χ2n) is 14.8. The highest BCUT2D eigenvalue weighted by Gasteiger charge is 2.72. The van der Waals surface area contributed by atoms with E-state index in [1.54, 1.807) is 7.05 Å². The van der Waals surface area contributed by atoms with Gasteiger partial charge in [0.15, 0.2) is 8.32 Å². The molecule has 254 valence electrons. The summed E-state index contributed by atoms with van der Waals surface area (Å²) in [6.45, 7) is 11.8. The van der Waals surface area contributed by atoms with Crippen LogP contribution in [0.4, 0.5) is 0 Å². The molecule has 3 aliphatic heterocycles. The second kappa shape index (κ2) is 12.3. The van der Waals surface area contributed by atoms with Crippen molar-refractivity contribution in [3.8, 4) is 0 Å². The Bertz CT molecular complexity index is 1650. The van der Waals surface area contributed by atoms with Gasteiger partial charge >= 0.3 is 5.97 Å². The van der Waals surface area contributed by atoms with Crippen molar-refractivity contribution in [3.63, 3.8) is 0 Å². The molecular weight excluding hydrogens is 673 g/mol. The average Bonchev–Trinajstić information content (AvgIpc) is 3.33. The lowest BCUT2D eigenvalue weighted by Gasteiger charge is -2.49. The lowest BCUT2D eigenvalue weighted by Crippen LogP contribution is -2.64. The zero-order chi connectivity index (χ0) is 34.0. The fraction of sp³-hybridized carbons (Fsp3) is 0.529. The standard InChI is InChI=1S/C34H45N2O7S3Si/c1-33(2,3)47(6,7)43-34(28-10-8-18-44-28,29-11-9-19-45-29)32(38)41-24-20-26-30-31(42-30)27(21-24)36(26,5)17-16-35(4)46(39,40)25-14-12-23(22-37)13-15-25/h8-15,18-19,22,24,26-27,30-31H,16-17,20-21H2,1-7H3/q+1. The Morgan fingerprint density at radius 2 is 1.57 bits per heavy atom. The van der Waals surface area contributed by atoms with E-state index >= 15 is 0 Å². The third kappa shape index (κ3) is 6.00. The van der Waals surface area contributed by atoms with Gasteiger partial charge in [0.1, 0.15) is 36.7 Å². The molecule has 2 bridgehead atoms. The monoisotopic (exact) mass is 717 g/mol. The van der Waals surface area contributed by atoms with Crippen LogP contribution in [0.1, 0.15) is 53.7 Å². The van der Waals surface area contributed by atoms with Gasteiger partial charge < -0.3 is 18.4 Å². The first-order valence-corrected chi connectivity index (χ1v) is 22.2. The number of aldehydes is 1. The van der Waals surface area contributed by atoms with Crippen molar-refractivity contribution in [2.24, 2.45) is 0 Å². The smallest absolute Gasteiger partial charge is 0.348 e. The predicted molar refractivity (Wildman–Crippen MR) is 186 cm³/mol. The van der Waals surface area contributed by atoms with E-state index in [4.69, 9.17) is 13.9 Å². The zero-order valence-corrected chi connectivity index (χ0v) is 31.5. The van der Waals surface area contributed by atoms with Crippen LogP contribution in [0.2, 0.25) is 18.1 Å². The molecule has 3 saturated heterocycles. The molecule has 6 rings (SSSR count). The number of fused-ring (bicyclic) bond motifs is 5. The molecule has 0 spiro atoms. The number of esters is 1. The van der Waals surface area contributed by atoms with Crippen molar-refractivity contribution in [3.05, 3.63) is 74.6 Å². The highest BCUT2D eigenvalue weighted by Crippen LogP contribution is 2.54. The van der Waals surface area contributed by atoms with E-state index in [1.807, 2.05) is 35.0 Å². The Morgan fingerprint density at radius 3 is 2.04 bits per heavy atom. The fourth-order valence-corrected chi connectivity index (χ4v) is 11.5. The fourth-order valence-electron chi connectivity index (χ4n) is 7.05. The molecule has 4 unspecified atom stereocenters. The number of carbonyl (C=O) groups is 2. The maximum Gasteiger partial charge on any atom is 0.348 e. The molecular formula is C34H45N2O7S3Si+. The van der Waals surface area contributed by atoms with Crippen LogP contribution >= 0.6 is 22.7 Å². The number of hydrogen-bond donors (Lipinski definition) is 0. The number of sulfonamides is 1. The average molecular weight is 718 g/mol. The first kappa shape index (κ1) is 34.6. The van der Waals surface area contributed by atoms with Crippen LogP contribution < -0.4 is 0 Å². The molecule has 47 heavy (non-hydrogen) atoms. The van der Waals surface area contributed by atoms with Gasteiger partial charge in [0.25, 0.3) is 0 Å². The van der Waals surface area contributed by atoms with Crippen LogP contribution in [-0.2, 0) is 34.3 Å². The Hall–Kier alpha value is -2.23. The van der Waals surface area contributed by atoms with Crippen LogP contribution in [0.25, 0.3) is 0 Å². The summed E-state index contributed by atoms with van der Waals surface area (Å²) in [6.07, 6.45) is 1.81. The predicted octanol–water partition coefficient (Wildman–Crippen LogP) is 5.88. The lowest BCUT2D eigenvalue weighted by molar-refractivity contribution is -0.955. The highest BCUT2D eigenvalue weighted by molar-refractivity contribution is 7.89. The molecule has 2 aromatic heterocycles. The van der Waals surface area contributed by atoms with E-state index < -0.39 is 23.9 Å². The molecule has 0 aliphatic carbocycles. The van der Waals surface area contributed by atoms with E-state index in [0.29, 0.717) is 42.3 Å². The summed E-state index contributed by atoms with van der Waals surface area (Å²) < 4.78 is 48.5. The first-order chi connectivity index (χ1) is 22.0. The van der Waals surface area contributed by atoms with Crippen LogP contribution in [0.15, 0.2) is 64.2 Å². The Kier molecular flexibility index (Phi) is 9.04. The van der Waals surface area contributed by atoms with E-state index in [0.717, 1.165) is 9.75 Å². The maximum atomic E-state index is 14.7. The normalized spacial score (nSPS) is 27.4. The van der Waals surface area contributed by atoms with Gasteiger partial charge in [-0.15, -0.1) is 22.7 Å². The van der Waals surface area contributed by atoms with Crippen molar-refractivity contribution in [2.75, 3.05) is 27.2 Å². The molecule has 0 N–H and O–H groups in total. The summed E-state index contributed by atoms with van der Waals surface area (Å²) in [5.74, 6) is -0.367. The van der Waals surface area contributed by atoms with Crippen LogP contribution in [0.5, 0.6) is 0 Å². The number of thiophene rings is 2. The Labute approximate surface area is 287 Å². The molecule has 0 saturated carbocycles. The summed E-state index contributed by atoms with van der Waals surface area (Å²) in [4.78, 5) is 27.5. The van der Waals surface area contributed by atoms with Gasteiger partial charge in [0.2, 0.25) is 15.6 Å². The van der Waals surface area contributed by atoms with Crippen LogP contribution in [0, 0.1) is 0 Å². The Balaban J connectivity index is 1.21. The van der Waals surface area contributed by atoms with Crippen molar-refractivity contribution in [2.45, 2.75) is 92.6 Å². The number of quaternary nitrogens is 1. The quantitative estimate of drug-likeness (QED) is 0.0759. The van der Waals surface area contributed by atoms with Gasteiger partial charge in [0.05, 0.1) is 34.8 Å². The number of carbonyl (C=O) groups excluding carboxylic acids is 2. The van der Waals surface area contributed by atoms with E-state index in [9.17, 15) is 18.0 Å². The number of likely N-dealkylation sites (N-methyl/N-ethyl adjacent to an activating group) is 2. The van der Waals surface area contributed by atoms with Gasteiger partial charge in [-0.3, -0.25) is 4.79 Å². The Morgan fingerprint density at radius 1 is 1.02 bits per heavy atom. The summed E-state index contributed by atoms with van der Waals surface area (Å²) in [7, 11) is -2.41. The first-order valence-electron chi connectivity index (χ1n) is 16.1. The summed E-state index contributed by atoms with van der Waals surface area (Å²) in [5, 5.41) is 3.83. The minimum Gasteiger partial charge on any atom is -0.459 e. The van der Waals surface area contributed by atoms with Crippen molar-refractivity contribution >= 4 is 53.3 Å². The number of benzene rings is 1. The van der Waals surface area contributed by atoms with E-state index in [2.05, 4.69) is 40.9 Å². The van der Waals surface area contributed by atoms with Crippen molar-refractivity contribution < 1.29 is 36.4 Å². The molecule has 3 fully saturated rings. The van der Waals surface area contributed by atoms with Crippen LogP contribution in [0.3, 0.4) is 0 Å². The molecule has 9 nitrogen and oxygen atoms in total. The minimum absolute atomic E-state index is 0.0781. The van der Waals surface area contributed by atoms with E-state index in [1.165, 1.54) is 51.2 Å². The summed E-state index contributed by atoms with van der Waals surface area (Å²) in [5.41, 5.74) is -0.918. The third-order valence-corrected chi connectivity index (χ3v) is 19.2. The third-order valence-electron chi connectivity index (χ3n) is 11.0. The van der Waals surface area contributed by atoms with E-state index in [-0.39, 0.29) is 46.3 Å². The number of hydrogen-bond acceptors (Lipinski definition) is 9. The highest BCUT2D eigenvalue weighted by atomic mass is 32.2. The zero-order valence-electron chi connectivity index (χ0n) is 28.0. The van der Waals surface area contributed by atoms with Crippen molar-refractivity contribution in [1.29, 1.82) is 0 Å². The molecule has 5 heterocycles. The largest absolute Gasteiger partial charge is 0.459 e. The molecule has 1 aromatic carbocycles. The number of ether oxygens (including phenoxy) is 2. The minimum atomic E-state index is -3.72. The van der Waals surface area contributed by atoms with Gasteiger partial charge in [-0.2, -0.15) is 4.31 Å². The molecule has 13 heteroatoms. The molecule has 3 aliphatic rings. The van der Waals surface area contributed by atoms with Gasteiger partial charge in [-0.1, -0.05) is 45.0 Å². The number of rotatable bonds is 12.